The van der Waals surface area contributed by atoms with Crippen molar-refractivity contribution < 1.29 is 4.74 Å². The Morgan fingerprint density at radius 3 is 3.00 bits per heavy atom. The van der Waals surface area contributed by atoms with Crippen LogP contribution >= 0.6 is 15.9 Å². The molecule has 3 nitrogen and oxygen atoms in total. The predicted molar refractivity (Wildman–Crippen MR) is 80.5 cm³/mol. The Morgan fingerprint density at radius 1 is 1.42 bits per heavy atom. The summed E-state index contributed by atoms with van der Waals surface area (Å²) in [6, 6.07) is 6.98. The zero-order valence-corrected chi connectivity index (χ0v) is 12.9. The predicted octanol–water partition coefficient (Wildman–Crippen LogP) is 2.64. The second-order valence-electron chi connectivity index (χ2n) is 5.54. The third-order valence-corrected chi connectivity index (χ3v) is 4.67. The van der Waals surface area contributed by atoms with Gasteiger partial charge in [0.05, 0.1) is 7.11 Å². The van der Waals surface area contributed by atoms with Crippen LogP contribution in [0.5, 0.6) is 5.75 Å². The van der Waals surface area contributed by atoms with Crippen molar-refractivity contribution >= 4 is 15.9 Å². The quantitative estimate of drug-likeness (QED) is 0.921. The van der Waals surface area contributed by atoms with Crippen LogP contribution in [-0.4, -0.2) is 37.7 Å². The summed E-state index contributed by atoms with van der Waals surface area (Å²) in [5.74, 6) is 1.90. The molecule has 2 aliphatic rings. The van der Waals surface area contributed by atoms with Crippen LogP contribution in [0.15, 0.2) is 22.7 Å². The van der Waals surface area contributed by atoms with E-state index in [1.165, 1.54) is 18.4 Å². The first-order valence-corrected chi connectivity index (χ1v) is 7.84. The van der Waals surface area contributed by atoms with E-state index in [0.29, 0.717) is 6.04 Å². The molecule has 4 heteroatoms. The highest BCUT2D eigenvalue weighted by molar-refractivity contribution is 9.10. The van der Waals surface area contributed by atoms with E-state index in [9.17, 15) is 0 Å². The summed E-state index contributed by atoms with van der Waals surface area (Å²) in [4.78, 5) is 2.62. The number of ether oxygens (including phenoxy) is 1. The number of benzene rings is 1. The number of piperazine rings is 1. The van der Waals surface area contributed by atoms with Crippen LogP contribution in [0.25, 0.3) is 0 Å². The molecule has 1 N–H and O–H groups in total. The van der Waals surface area contributed by atoms with E-state index in [4.69, 9.17) is 4.74 Å². The highest BCUT2D eigenvalue weighted by Gasteiger charge is 2.36. The molecule has 1 unspecified atom stereocenters. The van der Waals surface area contributed by atoms with Crippen molar-refractivity contribution in [2.24, 2.45) is 5.92 Å². The molecule has 0 aromatic heterocycles. The van der Waals surface area contributed by atoms with Gasteiger partial charge < -0.3 is 10.1 Å². The molecular weight excluding hydrogens is 304 g/mol. The van der Waals surface area contributed by atoms with Crippen LogP contribution in [0.4, 0.5) is 0 Å². The Labute approximate surface area is 123 Å². The zero-order chi connectivity index (χ0) is 13.2. The Hall–Kier alpha value is -0.580. The molecule has 0 radical (unpaired) electrons. The van der Waals surface area contributed by atoms with Crippen LogP contribution in [0.3, 0.4) is 0 Å². The standard InChI is InChI=1S/C15H21BrN2O/c1-19-15-5-4-13(16)8-12(15)10-18-7-6-17-9-14(18)11-2-3-11/h4-5,8,11,14,17H,2-3,6-7,9-10H2,1H3. The van der Waals surface area contributed by atoms with Crippen molar-refractivity contribution in [1.82, 2.24) is 10.2 Å². The number of nitrogens with zero attached hydrogens (tertiary/aromatic N) is 1. The molecule has 1 aliphatic carbocycles. The summed E-state index contributed by atoms with van der Waals surface area (Å²) >= 11 is 3.56. The molecule has 1 aromatic carbocycles. The van der Waals surface area contributed by atoms with E-state index < -0.39 is 0 Å². The minimum absolute atomic E-state index is 0.706. The number of nitrogens with one attached hydrogen (secondary N) is 1. The summed E-state index contributed by atoms with van der Waals surface area (Å²) < 4.78 is 6.62. The summed E-state index contributed by atoms with van der Waals surface area (Å²) in [5.41, 5.74) is 1.28. The minimum Gasteiger partial charge on any atom is -0.496 e. The van der Waals surface area contributed by atoms with Gasteiger partial charge in [-0.3, -0.25) is 4.90 Å². The van der Waals surface area contributed by atoms with Gasteiger partial charge in [0.2, 0.25) is 0 Å². The van der Waals surface area contributed by atoms with Gasteiger partial charge >= 0.3 is 0 Å². The molecule has 0 bridgehead atoms. The SMILES string of the molecule is COc1ccc(Br)cc1CN1CCNCC1C1CC1. The van der Waals surface area contributed by atoms with Gasteiger partial charge in [0.1, 0.15) is 5.75 Å². The van der Waals surface area contributed by atoms with Crippen LogP contribution in [0.1, 0.15) is 18.4 Å². The van der Waals surface area contributed by atoms with Crippen molar-refractivity contribution in [2.75, 3.05) is 26.7 Å². The van der Waals surface area contributed by atoms with Crippen molar-refractivity contribution in [1.29, 1.82) is 0 Å². The number of rotatable bonds is 4. The molecule has 0 spiro atoms. The lowest BCUT2D eigenvalue weighted by Gasteiger charge is -2.36. The zero-order valence-electron chi connectivity index (χ0n) is 11.4. The summed E-state index contributed by atoms with van der Waals surface area (Å²) in [5, 5.41) is 3.53. The van der Waals surface area contributed by atoms with Crippen LogP contribution < -0.4 is 10.1 Å². The largest absolute Gasteiger partial charge is 0.496 e. The van der Waals surface area contributed by atoms with E-state index in [-0.39, 0.29) is 0 Å². The lowest BCUT2D eigenvalue weighted by atomic mass is 10.1. The van der Waals surface area contributed by atoms with Crippen molar-refractivity contribution in [3.63, 3.8) is 0 Å². The fourth-order valence-corrected chi connectivity index (χ4v) is 3.41. The molecular formula is C15H21BrN2O. The monoisotopic (exact) mass is 324 g/mol. The maximum atomic E-state index is 5.49. The number of hydrogen-bond donors (Lipinski definition) is 1. The first kappa shape index (κ1) is 13.4. The molecule has 2 fully saturated rings. The Morgan fingerprint density at radius 2 is 2.26 bits per heavy atom. The molecule has 1 aromatic rings. The topological polar surface area (TPSA) is 24.5 Å². The maximum absolute atomic E-state index is 5.49. The Balaban J connectivity index is 1.77. The molecule has 1 saturated heterocycles. The second kappa shape index (κ2) is 5.81. The number of hydrogen-bond acceptors (Lipinski definition) is 3. The van der Waals surface area contributed by atoms with Crippen molar-refractivity contribution in [2.45, 2.75) is 25.4 Å². The fourth-order valence-electron chi connectivity index (χ4n) is 3.00. The third kappa shape index (κ3) is 3.12. The van der Waals surface area contributed by atoms with E-state index >= 15 is 0 Å². The van der Waals surface area contributed by atoms with E-state index in [2.05, 4.69) is 32.2 Å². The lowest BCUT2D eigenvalue weighted by Crippen LogP contribution is -2.51. The lowest BCUT2D eigenvalue weighted by molar-refractivity contribution is 0.134. The smallest absolute Gasteiger partial charge is 0.123 e. The first-order chi connectivity index (χ1) is 9.28. The molecule has 0 amide bonds. The first-order valence-electron chi connectivity index (χ1n) is 7.05. The molecule has 104 valence electrons. The molecule has 1 aliphatic heterocycles. The van der Waals surface area contributed by atoms with Gasteiger partial charge in [-0.15, -0.1) is 0 Å². The third-order valence-electron chi connectivity index (χ3n) is 4.18. The maximum Gasteiger partial charge on any atom is 0.123 e. The minimum atomic E-state index is 0.706. The van der Waals surface area contributed by atoms with Crippen molar-refractivity contribution in [3.8, 4) is 5.75 Å². The van der Waals surface area contributed by atoms with Crippen LogP contribution in [0.2, 0.25) is 0 Å². The number of methoxy groups -OCH3 is 1. The van der Waals surface area contributed by atoms with Crippen LogP contribution in [0, 0.1) is 5.92 Å². The highest BCUT2D eigenvalue weighted by atomic mass is 79.9. The summed E-state index contributed by atoms with van der Waals surface area (Å²) in [7, 11) is 1.75. The average Bonchev–Trinajstić information content (AvgIpc) is 3.24. The number of halogens is 1. The molecule has 1 heterocycles. The van der Waals surface area contributed by atoms with Gasteiger partial charge in [-0.1, -0.05) is 15.9 Å². The van der Waals surface area contributed by atoms with E-state index in [1.54, 1.807) is 7.11 Å². The molecule has 3 rings (SSSR count). The van der Waals surface area contributed by atoms with Gasteiger partial charge in [0, 0.05) is 42.3 Å². The fraction of sp³-hybridized carbons (Fsp3) is 0.600. The van der Waals surface area contributed by atoms with Crippen molar-refractivity contribution in [3.05, 3.63) is 28.2 Å². The Kier molecular flexibility index (Phi) is 4.10. The van der Waals surface area contributed by atoms with Gasteiger partial charge in [0.15, 0.2) is 0 Å². The summed E-state index contributed by atoms with van der Waals surface area (Å²) in [6.07, 6.45) is 2.80. The van der Waals surface area contributed by atoms with Gasteiger partial charge in [-0.25, -0.2) is 0 Å². The average molecular weight is 325 g/mol. The molecule has 19 heavy (non-hydrogen) atoms. The van der Waals surface area contributed by atoms with Crippen LogP contribution in [-0.2, 0) is 6.54 Å². The van der Waals surface area contributed by atoms with Gasteiger partial charge in [-0.05, 0) is 37.0 Å². The normalized spacial score (nSPS) is 24.4. The summed E-state index contributed by atoms with van der Waals surface area (Å²) in [6.45, 7) is 4.36. The van der Waals surface area contributed by atoms with Gasteiger partial charge in [-0.2, -0.15) is 0 Å². The second-order valence-corrected chi connectivity index (χ2v) is 6.45. The Bertz CT molecular complexity index is 448. The highest BCUT2D eigenvalue weighted by Crippen LogP contribution is 2.37. The van der Waals surface area contributed by atoms with Gasteiger partial charge in [0.25, 0.3) is 0 Å². The van der Waals surface area contributed by atoms with E-state index in [0.717, 1.165) is 42.3 Å². The molecule has 1 atom stereocenters. The molecule has 1 saturated carbocycles. The van der Waals surface area contributed by atoms with E-state index in [1.807, 2.05) is 12.1 Å².